The van der Waals surface area contributed by atoms with E-state index in [9.17, 15) is 13.2 Å². The van der Waals surface area contributed by atoms with E-state index < -0.39 is 10.0 Å². The molecule has 1 amide bonds. The van der Waals surface area contributed by atoms with E-state index in [2.05, 4.69) is 4.72 Å². The Balaban J connectivity index is 2.46. The van der Waals surface area contributed by atoms with Crippen LogP contribution in [-0.2, 0) is 10.0 Å². The number of hydrogen-bond acceptors (Lipinski definition) is 4. The summed E-state index contributed by atoms with van der Waals surface area (Å²) >= 11 is 0. The Hall–Kier alpha value is -1.76. The molecule has 1 aliphatic rings. The molecule has 0 radical (unpaired) electrons. The standard InChI is InChI=1S/C13H18N2O4S/c1-15(2)13(16)10-5-4-6-11(19-9-7-8-9)12(10)14-20(3,17)18/h4-6,9,14H,7-8H2,1-3H3. The van der Waals surface area contributed by atoms with Gasteiger partial charge >= 0.3 is 0 Å². The van der Waals surface area contributed by atoms with Crippen LogP contribution in [0.5, 0.6) is 5.75 Å². The third-order valence-corrected chi connectivity index (χ3v) is 3.34. The first-order chi connectivity index (χ1) is 9.28. The smallest absolute Gasteiger partial charge is 0.255 e. The molecule has 6 nitrogen and oxygen atoms in total. The van der Waals surface area contributed by atoms with Crippen LogP contribution in [0.25, 0.3) is 0 Å². The molecule has 1 aromatic rings. The average Bonchev–Trinajstić information content (AvgIpc) is 3.12. The number of ether oxygens (including phenoxy) is 1. The molecular formula is C13H18N2O4S. The number of sulfonamides is 1. The molecule has 0 aromatic heterocycles. The van der Waals surface area contributed by atoms with Gasteiger partial charge in [-0.1, -0.05) is 6.07 Å². The van der Waals surface area contributed by atoms with E-state index in [0.29, 0.717) is 5.75 Å². The Morgan fingerprint density at radius 3 is 2.50 bits per heavy atom. The highest BCUT2D eigenvalue weighted by atomic mass is 32.2. The van der Waals surface area contributed by atoms with Gasteiger partial charge in [-0.25, -0.2) is 8.42 Å². The van der Waals surface area contributed by atoms with Gasteiger partial charge in [0.2, 0.25) is 10.0 Å². The van der Waals surface area contributed by atoms with Crippen molar-refractivity contribution in [3.05, 3.63) is 23.8 Å². The van der Waals surface area contributed by atoms with Crippen LogP contribution >= 0.6 is 0 Å². The molecule has 0 saturated heterocycles. The van der Waals surface area contributed by atoms with E-state index in [4.69, 9.17) is 4.74 Å². The maximum Gasteiger partial charge on any atom is 0.255 e. The van der Waals surface area contributed by atoms with Crippen molar-refractivity contribution in [2.45, 2.75) is 18.9 Å². The van der Waals surface area contributed by atoms with Crippen LogP contribution in [-0.4, -0.2) is 45.7 Å². The molecule has 1 saturated carbocycles. The number of nitrogens with one attached hydrogen (secondary N) is 1. The van der Waals surface area contributed by atoms with Crippen molar-refractivity contribution in [2.75, 3.05) is 25.1 Å². The first-order valence-corrected chi connectivity index (χ1v) is 8.16. The largest absolute Gasteiger partial charge is 0.488 e. The van der Waals surface area contributed by atoms with E-state index in [1.165, 1.54) is 4.90 Å². The molecule has 0 spiro atoms. The number of nitrogens with zero attached hydrogens (tertiary/aromatic N) is 1. The number of rotatable bonds is 5. The summed E-state index contributed by atoms with van der Waals surface area (Å²) in [5.74, 6) is 0.114. The van der Waals surface area contributed by atoms with E-state index in [-0.39, 0.29) is 23.3 Å². The fraction of sp³-hybridized carbons (Fsp3) is 0.462. The fourth-order valence-electron chi connectivity index (χ4n) is 1.70. The summed E-state index contributed by atoms with van der Waals surface area (Å²) in [5.41, 5.74) is 0.485. The van der Waals surface area contributed by atoms with Crippen molar-refractivity contribution in [1.82, 2.24) is 4.90 Å². The highest BCUT2D eigenvalue weighted by Gasteiger charge is 2.27. The molecule has 1 aliphatic carbocycles. The van der Waals surface area contributed by atoms with Crippen LogP contribution in [0.2, 0.25) is 0 Å². The maximum absolute atomic E-state index is 12.1. The van der Waals surface area contributed by atoms with Gasteiger partial charge in [0.1, 0.15) is 11.4 Å². The van der Waals surface area contributed by atoms with Crippen molar-refractivity contribution >= 4 is 21.6 Å². The van der Waals surface area contributed by atoms with Gasteiger partial charge < -0.3 is 9.64 Å². The van der Waals surface area contributed by atoms with Gasteiger partial charge in [0.05, 0.1) is 17.9 Å². The lowest BCUT2D eigenvalue weighted by Crippen LogP contribution is -2.24. The zero-order valence-corrected chi connectivity index (χ0v) is 12.5. The minimum absolute atomic E-state index is 0.111. The number of benzene rings is 1. The van der Waals surface area contributed by atoms with Crippen LogP contribution in [0.15, 0.2) is 18.2 Å². The summed E-state index contributed by atoms with van der Waals surface area (Å²) in [7, 11) is -0.273. The quantitative estimate of drug-likeness (QED) is 0.889. The van der Waals surface area contributed by atoms with Gasteiger partial charge in [0.25, 0.3) is 5.91 Å². The molecule has 1 aromatic carbocycles. The van der Waals surface area contributed by atoms with Gasteiger partial charge in [0, 0.05) is 14.1 Å². The summed E-state index contributed by atoms with van der Waals surface area (Å²) in [5, 5.41) is 0. The van der Waals surface area contributed by atoms with E-state index in [1.54, 1.807) is 32.3 Å². The highest BCUT2D eigenvalue weighted by Crippen LogP contribution is 2.35. The van der Waals surface area contributed by atoms with Crippen LogP contribution in [0.3, 0.4) is 0 Å². The molecule has 0 unspecified atom stereocenters. The molecule has 0 aliphatic heterocycles. The molecule has 20 heavy (non-hydrogen) atoms. The summed E-state index contributed by atoms with van der Waals surface area (Å²) in [6.07, 6.45) is 3.05. The molecule has 0 bridgehead atoms. The first kappa shape index (κ1) is 14.6. The third-order valence-electron chi connectivity index (χ3n) is 2.77. The Labute approximate surface area is 118 Å². The number of amides is 1. The minimum atomic E-state index is -3.50. The second kappa shape index (κ2) is 5.32. The molecule has 1 N–H and O–H groups in total. The minimum Gasteiger partial charge on any atom is -0.488 e. The fourth-order valence-corrected chi connectivity index (χ4v) is 2.29. The Bertz CT molecular complexity index is 621. The molecular weight excluding hydrogens is 280 g/mol. The summed E-state index contributed by atoms with van der Waals surface area (Å²) in [4.78, 5) is 13.5. The van der Waals surface area contributed by atoms with Gasteiger partial charge in [-0.3, -0.25) is 9.52 Å². The predicted octanol–water partition coefficient (Wildman–Crippen LogP) is 1.30. The van der Waals surface area contributed by atoms with Crippen molar-refractivity contribution in [1.29, 1.82) is 0 Å². The van der Waals surface area contributed by atoms with Crippen molar-refractivity contribution in [2.24, 2.45) is 0 Å². The molecule has 0 atom stereocenters. The number of carbonyl (C=O) groups excluding carboxylic acids is 1. The Kier molecular flexibility index (Phi) is 3.89. The van der Waals surface area contributed by atoms with Crippen LogP contribution < -0.4 is 9.46 Å². The molecule has 110 valence electrons. The number of para-hydroxylation sites is 1. The van der Waals surface area contributed by atoms with Gasteiger partial charge in [-0.15, -0.1) is 0 Å². The zero-order valence-electron chi connectivity index (χ0n) is 11.7. The van der Waals surface area contributed by atoms with Gasteiger partial charge in [-0.05, 0) is 25.0 Å². The molecule has 1 fully saturated rings. The molecule has 7 heteroatoms. The summed E-state index contributed by atoms with van der Waals surface area (Å²) in [6.45, 7) is 0. The predicted molar refractivity (Wildman–Crippen MR) is 76.6 cm³/mol. The lowest BCUT2D eigenvalue weighted by Gasteiger charge is -2.18. The second-order valence-electron chi connectivity index (χ2n) is 5.07. The zero-order chi connectivity index (χ0) is 14.9. The maximum atomic E-state index is 12.1. The van der Waals surface area contributed by atoms with E-state index in [1.807, 2.05) is 0 Å². The van der Waals surface area contributed by atoms with Crippen LogP contribution in [0.1, 0.15) is 23.2 Å². The third kappa shape index (κ3) is 3.63. The summed E-state index contributed by atoms with van der Waals surface area (Å²) < 4.78 is 31.1. The number of anilines is 1. The molecule has 2 rings (SSSR count). The Morgan fingerprint density at radius 2 is 2.00 bits per heavy atom. The molecule has 0 heterocycles. The van der Waals surface area contributed by atoms with Crippen molar-refractivity contribution < 1.29 is 17.9 Å². The van der Waals surface area contributed by atoms with Crippen molar-refractivity contribution in [3.63, 3.8) is 0 Å². The first-order valence-electron chi connectivity index (χ1n) is 6.27. The lowest BCUT2D eigenvalue weighted by molar-refractivity contribution is 0.0828. The Morgan fingerprint density at radius 1 is 1.35 bits per heavy atom. The lowest BCUT2D eigenvalue weighted by atomic mass is 10.1. The van der Waals surface area contributed by atoms with Gasteiger partial charge in [0.15, 0.2) is 0 Å². The topological polar surface area (TPSA) is 75.7 Å². The van der Waals surface area contributed by atoms with Crippen molar-refractivity contribution in [3.8, 4) is 5.75 Å². The average molecular weight is 298 g/mol. The van der Waals surface area contributed by atoms with E-state index in [0.717, 1.165) is 19.1 Å². The SMILES string of the molecule is CN(C)C(=O)c1cccc(OC2CC2)c1NS(C)(=O)=O. The number of carbonyl (C=O) groups is 1. The monoisotopic (exact) mass is 298 g/mol. The highest BCUT2D eigenvalue weighted by molar-refractivity contribution is 7.92. The summed E-state index contributed by atoms with van der Waals surface area (Å²) in [6, 6.07) is 4.93. The van der Waals surface area contributed by atoms with Gasteiger partial charge in [-0.2, -0.15) is 0 Å². The number of hydrogen-bond donors (Lipinski definition) is 1. The van der Waals surface area contributed by atoms with E-state index >= 15 is 0 Å². The second-order valence-corrected chi connectivity index (χ2v) is 6.82. The normalized spacial score (nSPS) is 14.8. The van der Waals surface area contributed by atoms with Crippen LogP contribution in [0.4, 0.5) is 5.69 Å². The van der Waals surface area contributed by atoms with Crippen LogP contribution in [0, 0.1) is 0 Å².